The normalized spacial score (nSPS) is 46.9. The lowest BCUT2D eigenvalue weighted by Crippen LogP contribution is -2.62. The molecule has 8 unspecified atom stereocenters. The van der Waals surface area contributed by atoms with Crippen LogP contribution in [0.2, 0.25) is 0 Å². The zero-order chi connectivity index (χ0) is 27.4. The Kier molecular flexibility index (Phi) is 8.56. The molecule has 8 atom stereocenters. The Morgan fingerprint density at radius 2 is 0.846 bits per heavy atom. The maximum absolute atomic E-state index is 11.6. The van der Waals surface area contributed by atoms with Crippen LogP contribution in [-0.2, 0) is 9.47 Å². The van der Waals surface area contributed by atoms with E-state index in [1.165, 1.54) is 103 Å². The molecule has 3 heteroatoms. The van der Waals surface area contributed by atoms with Gasteiger partial charge in [-0.1, -0.05) is 58.3 Å². The predicted molar refractivity (Wildman–Crippen MR) is 159 cm³/mol. The van der Waals surface area contributed by atoms with Gasteiger partial charge in [-0.2, -0.15) is 0 Å². The molecule has 6 aliphatic carbocycles. The first-order chi connectivity index (χ1) is 18.7. The third kappa shape index (κ3) is 5.42. The van der Waals surface area contributed by atoms with Gasteiger partial charge in [0.25, 0.3) is 0 Å². The second-order valence-electron chi connectivity index (χ2n) is 16.3. The van der Waals surface area contributed by atoms with Gasteiger partial charge < -0.3 is 14.6 Å². The fraction of sp³-hybridized carbons (Fsp3) is 1.00. The van der Waals surface area contributed by atoms with Crippen molar-refractivity contribution in [2.75, 3.05) is 0 Å². The van der Waals surface area contributed by atoms with Crippen LogP contribution in [0.15, 0.2) is 0 Å². The molecule has 1 N–H and O–H groups in total. The van der Waals surface area contributed by atoms with E-state index in [9.17, 15) is 5.11 Å². The molecule has 0 aliphatic heterocycles. The molecule has 6 fully saturated rings. The highest BCUT2D eigenvalue weighted by molar-refractivity contribution is 5.07. The van der Waals surface area contributed by atoms with Gasteiger partial charge in [0.2, 0.25) is 0 Å². The van der Waals surface area contributed by atoms with Crippen molar-refractivity contribution in [3.8, 4) is 0 Å². The first kappa shape index (κ1) is 29.0. The lowest BCUT2D eigenvalue weighted by molar-refractivity contribution is -0.257. The minimum Gasteiger partial charge on any atom is -0.393 e. The van der Waals surface area contributed by atoms with Crippen LogP contribution < -0.4 is 0 Å². The molecule has 224 valence electrons. The Morgan fingerprint density at radius 3 is 1.23 bits per heavy atom. The van der Waals surface area contributed by atoms with Gasteiger partial charge in [0.15, 0.2) is 0 Å². The summed E-state index contributed by atoms with van der Waals surface area (Å²) in [6, 6.07) is 0. The molecule has 0 heterocycles. The van der Waals surface area contributed by atoms with Gasteiger partial charge in [0.05, 0.1) is 29.5 Å². The number of ether oxygens (including phenoxy) is 2. The van der Waals surface area contributed by atoms with Crippen molar-refractivity contribution in [1.82, 2.24) is 0 Å². The number of hydrogen-bond donors (Lipinski definition) is 1. The molecule has 0 spiro atoms. The molecule has 0 saturated heterocycles. The fourth-order valence-corrected chi connectivity index (χ4v) is 11.7. The van der Waals surface area contributed by atoms with Crippen LogP contribution in [0.25, 0.3) is 0 Å². The summed E-state index contributed by atoms with van der Waals surface area (Å²) in [7, 11) is 0. The molecule has 6 rings (SSSR count). The zero-order valence-electron chi connectivity index (χ0n) is 26.2. The van der Waals surface area contributed by atoms with Gasteiger partial charge in [0.1, 0.15) is 0 Å². The Morgan fingerprint density at radius 1 is 0.513 bits per heavy atom. The van der Waals surface area contributed by atoms with Gasteiger partial charge in [-0.3, -0.25) is 0 Å². The molecule has 0 aromatic rings. The minimum atomic E-state index is -0.119. The van der Waals surface area contributed by atoms with Crippen LogP contribution in [0.5, 0.6) is 0 Å². The monoisotopic (exact) mass is 542 g/mol. The summed E-state index contributed by atoms with van der Waals surface area (Å²) in [6.45, 7) is 12.0. The fourth-order valence-electron chi connectivity index (χ4n) is 11.7. The maximum Gasteiger partial charge on any atom is 0.0664 e. The van der Waals surface area contributed by atoms with Crippen LogP contribution in [0, 0.1) is 53.3 Å². The second-order valence-corrected chi connectivity index (χ2v) is 16.3. The first-order valence-electron chi connectivity index (χ1n) is 17.8. The van der Waals surface area contributed by atoms with E-state index in [0.717, 1.165) is 6.42 Å². The van der Waals surface area contributed by atoms with Crippen molar-refractivity contribution in [3.63, 3.8) is 0 Å². The SMILES string of the molecule is CCC(C)(C)OC1C2CCCCC2C(OC(C)(C)C2C3CCCCC3C(O)C3CCCCC32)C2CCCCC21. The summed E-state index contributed by atoms with van der Waals surface area (Å²) in [5.41, 5.74) is -0.151. The zero-order valence-corrected chi connectivity index (χ0v) is 26.2. The van der Waals surface area contributed by atoms with Crippen molar-refractivity contribution >= 4 is 0 Å². The number of rotatable bonds is 6. The standard InChI is InChI=1S/C36H62O3/c1-6-35(2,3)38-33-27-19-11-13-21-29(27)34(30-22-14-12-20-28(30)33)39-36(4,5)31-23-15-7-9-17-25(23)32(37)26-18-10-8-16-24(26)31/h23-34,37H,6-22H2,1-5H3. The van der Waals surface area contributed by atoms with Crippen molar-refractivity contribution in [3.05, 3.63) is 0 Å². The molecule has 3 nitrogen and oxygen atoms in total. The van der Waals surface area contributed by atoms with E-state index in [1.54, 1.807) is 0 Å². The third-order valence-electron chi connectivity index (χ3n) is 13.5. The topological polar surface area (TPSA) is 38.7 Å². The summed E-state index contributed by atoms with van der Waals surface area (Å²) in [5, 5.41) is 11.6. The Hall–Kier alpha value is -0.120. The highest BCUT2D eigenvalue weighted by Crippen LogP contribution is 2.59. The largest absolute Gasteiger partial charge is 0.393 e. The third-order valence-corrected chi connectivity index (χ3v) is 13.5. The van der Waals surface area contributed by atoms with E-state index in [0.29, 0.717) is 65.5 Å². The number of aliphatic hydroxyl groups is 1. The van der Waals surface area contributed by atoms with Crippen LogP contribution in [0.1, 0.15) is 144 Å². The van der Waals surface area contributed by atoms with Crippen molar-refractivity contribution in [1.29, 1.82) is 0 Å². The molecule has 0 amide bonds. The summed E-state index contributed by atoms with van der Waals surface area (Å²) in [4.78, 5) is 0. The van der Waals surface area contributed by atoms with Gasteiger partial charge in [0, 0.05) is 0 Å². The van der Waals surface area contributed by atoms with E-state index in [2.05, 4.69) is 34.6 Å². The van der Waals surface area contributed by atoms with Gasteiger partial charge >= 0.3 is 0 Å². The predicted octanol–water partition coefficient (Wildman–Crippen LogP) is 8.95. The summed E-state index contributed by atoms with van der Waals surface area (Å²) in [6.07, 6.45) is 23.1. The average molecular weight is 543 g/mol. The molecule has 0 radical (unpaired) electrons. The molecular formula is C36H62O3. The average Bonchev–Trinajstić information content (AvgIpc) is 2.95. The Bertz CT molecular complexity index is 772. The quantitative estimate of drug-likeness (QED) is 0.364. The summed E-state index contributed by atoms with van der Waals surface area (Å²) >= 11 is 0. The molecular weight excluding hydrogens is 480 g/mol. The van der Waals surface area contributed by atoms with E-state index >= 15 is 0 Å². The van der Waals surface area contributed by atoms with Crippen molar-refractivity contribution < 1.29 is 14.6 Å². The molecule has 6 aliphatic rings. The lowest BCUT2D eigenvalue weighted by Gasteiger charge is -2.61. The number of aliphatic hydroxyl groups excluding tert-OH is 1. The molecule has 0 bridgehead atoms. The van der Waals surface area contributed by atoms with E-state index in [4.69, 9.17) is 9.47 Å². The van der Waals surface area contributed by atoms with Gasteiger partial charge in [-0.05, 0) is 139 Å². The van der Waals surface area contributed by atoms with E-state index in [-0.39, 0.29) is 17.3 Å². The maximum atomic E-state index is 11.6. The van der Waals surface area contributed by atoms with E-state index < -0.39 is 0 Å². The van der Waals surface area contributed by atoms with Crippen LogP contribution >= 0.6 is 0 Å². The summed E-state index contributed by atoms with van der Waals surface area (Å²) < 4.78 is 14.9. The van der Waals surface area contributed by atoms with Crippen LogP contribution in [0.4, 0.5) is 0 Å². The van der Waals surface area contributed by atoms with E-state index in [1.807, 2.05) is 0 Å². The lowest BCUT2D eigenvalue weighted by atomic mass is 9.50. The molecule has 6 saturated carbocycles. The van der Waals surface area contributed by atoms with Gasteiger partial charge in [-0.25, -0.2) is 0 Å². The first-order valence-corrected chi connectivity index (χ1v) is 17.8. The molecule has 0 aromatic carbocycles. The number of hydrogen-bond acceptors (Lipinski definition) is 3. The molecule has 0 aromatic heterocycles. The van der Waals surface area contributed by atoms with Crippen molar-refractivity contribution in [2.45, 2.75) is 173 Å². The summed E-state index contributed by atoms with van der Waals surface area (Å²) in [5.74, 6) is 5.59. The smallest absolute Gasteiger partial charge is 0.0664 e. The Labute approximate surface area is 240 Å². The van der Waals surface area contributed by atoms with Crippen LogP contribution in [-0.4, -0.2) is 34.6 Å². The Balaban J connectivity index is 1.31. The number of fused-ring (bicyclic) bond motifs is 4. The van der Waals surface area contributed by atoms with Crippen molar-refractivity contribution in [2.24, 2.45) is 53.3 Å². The van der Waals surface area contributed by atoms with Gasteiger partial charge in [-0.15, -0.1) is 0 Å². The highest BCUT2D eigenvalue weighted by Gasteiger charge is 2.59. The van der Waals surface area contributed by atoms with Crippen LogP contribution in [0.3, 0.4) is 0 Å². The molecule has 39 heavy (non-hydrogen) atoms. The minimum absolute atomic E-state index is 0.0312. The highest BCUT2D eigenvalue weighted by atomic mass is 16.5. The second kappa shape index (κ2) is 11.5.